The van der Waals surface area contributed by atoms with E-state index in [1.807, 2.05) is 6.07 Å². The van der Waals surface area contributed by atoms with E-state index in [1.165, 1.54) is 19.2 Å². The standard InChI is InChI=1S/C19H13N3O3/c1-12(23)16(20-2)11-14-10-15-17(25-14)8-9-21-18(15)22-19(24)13-6-4-3-5-7-13/h3-11H,1H3,(H,21,22,24)/b16-11-. The number of allylic oxidation sites excluding steroid dienone is 1. The summed E-state index contributed by atoms with van der Waals surface area (Å²) in [6.45, 7) is 8.35. The number of amides is 1. The van der Waals surface area contributed by atoms with Gasteiger partial charge in [0.1, 0.15) is 17.2 Å². The van der Waals surface area contributed by atoms with Crippen LogP contribution in [0, 0.1) is 6.57 Å². The van der Waals surface area contributed by atoms with Gasteiger partial charge in [-0.05, 0) is 37.3 Å². The minimum atomic E-state index is -0.341. The molecule has 2 heterocycles. The predicted molar refractivity (Wildman–Crippen MR) is 93.7 cm³/mol. The van der Waals surface area contributed by atoms with Gasteiger partial charge < -0.3 is 14.5 Å². The molecule has 2 aromatic heterocycles. The third-order valence-corrected chi connectivity index (χ3v) is 3.49. The molecule has 25 heavy (non-hydrogen) atoms. The molecule has 0 unspecified atom stereocenters. The SMILES string of the molecule is [C-]#[N+]/C(=C\c1cc2c(NC(=O)c3ccccc3)nccc2o1)C(C)=O. The van der Waals surface area contributed by atoms with E-state index in [2.05, 4.69) is 15.1 Å². The Morgan fingerprint density at radius 1 is 1.24 bits per heavy atom. The molecule has 0 spiro atoms. The van der Waals surface area contributed by atoms with Crippen LogP contribution < -0.4 is 5.32 Å². The van der Waals surface area contributed by atoms with E-state index in [0.29, 0.717) is 28.1 Å². The summed E-state index contributed by atoms with van der Waals surface area (Å²) in [6.07, 6.45) is 2.89. The van der Waals surface area contributed by atoms with Crippen LogP contribution in [0.15, 0.2) is 58.8 Å². The minimum Gasteiger partial charge on any atom is -0.458 e. The molecule has 0 fully saturated rings. The summed E-state index contributed by atoms with van der Waals surface area (Å²) in [4.78, 5) is 31.0. The summed E-state index contributed by atoms with van der Waals surface area (Å²) in [6, 6.07) is 12.1. The molecule has 6 heteroatoms. The van der Waals surface area contributed by atoms with E-state index in [-0.39, 0.29) is 17.4 Å². The maximum Gasteiger partial charge on any atom is 0.256 e. The van der Waals surface area contributed by atoms with Gasteiger partial charge in [-0.1, -0.05) is 18.2 Å². The van der Waals surface area contributed by atoms with Crippen LogP contribution >= 0.6 is 0 Å². The number of nitrogens with zero attached hydrogens (tertiary/aromatic N) is 2. The summed E-state index contributed by atoms with van der Waals surface area (Å²) in [5.41, 5.74) is 0.983. The number of furan rings is 1. The van der Waals surface area contributed by atoms with Crippen LogP contribution in [-0.4, -0.2) is 16.7 Å². The number of aromatic nitrogens is 1. The van der Waals surface area contributed by atoms with Crippen LogP contribution in [0.3, 0.4) is 0 Å². The van der Waals surface area contributed by atoms with Gasteiger partial charge in [0, 0.05) is 11.8 Å². The van der Waals surface area contributed by atoms with Gasteiger partial charge in [-0.3, -0.25) is 4.79 Å². The van der Waals surface area contributed by atoms with Crippen molar-refractivity contribution in [2.45, 2.75) is 6.92 Å². The van der Waals surface area contributed by atoms with Crippen molar-refractivity contribution < 1.29 is 14.0 Å². The van der Waals surface area contributed by atoms with E-state index >= 15 is 0 Å². The van der Waals surface area contributed by atoms with Crippen molar-refractivity contribution in [2.75, 3.05) is 5.32 Å². The second-order valence-electron chi connectivity index (χ2n) is 5.24. The first-order valence-corrected chi connectivity index (χ1v) is 7.43. The number of Topliss-reactive ketones (excluding diaryl/α,β-unsaturated/α-hetero) is 1. The highest BCUT2D eigenvalue weighted by atomic mass is 16.3. The van der Waals surface area contributed by atoms with Gasteiger partial charge in [0.25, 0.3) is 5.91 Å². The van der Waals surface area contributed by atoms with Crippen LogP contribution in [0.25, 0.3) is 21.9 Å². The topological polar surface area (TPSA) is 76.6 Å². The van der Waals surface area contributed by atoms with Gasteiger partial charge in [-0.15, -0.1) is 0 Å². The lowest BCUT2D eigenvalue weighted by Crippen LogP contribution is -2.12. The number of fused-ring (bicyclic) bond motifs is 1. The number of ketones is 1. The van der Waals surface area contributed by atoms with Crippen LogP contribution in [0.2, 0.25) is 0 Å². The lowest BCUT2D eigenvalue weighted by Gasteiger charge is -2.04. The number of benzene rings is 1. The molecule has 3 rings (SSSR count). The molecule has 0 atom stereocenters. The highest BCUT2D eigenvalue weighted by Gasteiger charge is 2.13. The minimum absolute atomic E-state index is 0.0260. The Labute approximate surface area is 143 Å². The van der Waals surface area contributed by atoms with Crippen LogP contribution in [-0.2, 0) is 4.79 Å². The predicted octanol–water partition coefficient (Wildman–Crippen LogP) is 3.93. The maximum atomic E-state index is 12.3. The first-order valence-electron chi connectivity index (χ1n) is 7.43. The molecule has 122 valence electrons. The highest BCUT2D eigenvalue weighted by molar-refractivity contribution is 6.08. The molecule has 0 radical (unpaired) electrons. The monoisotopic (exact) mass is 331 g/mol. The first kappa shape index (κ1) is 16.1. The molecule has 0 aliphatic rings. The van der Waals surface area contributed by atoms with Crippen molar-refractivity contribution in [2.24, 2.45) is 0 Å². The zero-order valence-corrected chi connectivity index (χ0v) is 13.3. The fourth-order valence-electron chi connectivity index (χ4n) is 2.27. The first-order chi connectivity index (χ1) is 12.1. The summed E-state index contributed by atoms with van der Waals surface area (Å²) in [7, 11) is 0. The van der Waals surface area contributed by atoms with Crippen LogP contribution in [0.5, 0.6) is 0 Å². The average molecular weight is 331 g/mol. The average Bonchev–Trinajstić information content (AvgIpc) is 3.04. The molecule has 0 saturated heterocycles. The Kier molecular flexibility index (Phi) is 4.40. The second-order valence-corrected chi connectivity index (χ2v) is 5.24. The summed E-state index contributed by atoms with van der Waals surface area (Å²) in [5, 5.41) is 3.34. The third-order valence-electron chi connectivity index (χ3n) is 3.49. The lowest BCUT2D eigenvalue weighted by molar-refractivity contribution is -0.113. The molecule has 0 aliphatic heterocycles. The zero-order chi connectivity index (χ0) is 17.8. The fraction of sp³-hybridized carbons (Fsp3) is 0.0526. The number of pyridine rings is 1. The fourth-order valence-corrected chi connectivity index (χ4v) is 2.27. The van der Waals surface area contributed by atoms with Crippen LogP contribution in [0.1, 0.15) is 23.0 Å². The third kappa shape index (κ3) is 3.46. The van der Waals surface area contributed by atoms with Crippen molar-refractivity contribution in [3.8, 4) is 0 Å². The number of rotatable bonds is 4. The van der Waals surface area contributed by atoms with E-state index in [0.717, 1.165) is 0 Å². The maximum absolute atomic E-state index is 12.3. The smallest absolute Gasteiger partial charge is 0.256 e. The van der Waals surface area contributed by atoms with Gasteiger partial charge in [-0.2, -0.15) is 0 Å². The number of hydrogen-bond donors (Lipinski definition) is 1. The number of carbonyl (C=O) groups is 2. The molecule has 6 nitrogen and oxygen atoms in total. The Bertz CT molecular complexity index is 1030. The number of anilines is 1. The van der Waals surface area contributed by atoms with E-state index in [4.69, 9.17) is 11.0 Å². The van der Waals surface area contributed by atoms with Gasteiger partial charge in [0.05, 0.1) is 12.0 Å². The Hall–Kier alpha value is -3.72. The van der Waals surface area contributed by atoms with Gasteiger partial charge in [0.2, 0.25) is 5.70 Å². The van der Waals surface area contributed by atoms with Gasteiger partial charge in [-0.25, -0.2) is 9.83 Å². The summed E-state index contributed by atoms with van der Waals surface area (Å²) >= 11 is 0. The molecular formula is C19H13N3O3. The molecule has 0 aliphatic carbocycles. The lowest BCUT2D eigenvalue weighted by atomic mass is 10.2. The molecule has 1 aromatic carbocycles. The normalized spacial score (nSPS) is 11.1. The van der Waals surface area contributed by atoms with Crippen LogP contribution in [0.4, 0.5) is 5.82 Å². The molecule has 1 amide bonds. The van der Waals surface area contributed by atoms with E-state index in [9.17, 15) is 9.59 Å². The van der Waals surface area contributed by atoms with Crippen molar-refractivity contribution in [3.63, 3.8) is 0 Å². The van der Waals surface area contributed by atoms with Crippen molar-refractivity contribution in [1.29, 1.82) is 0 Å². The Balaban J connectivity index is 1.97. The molecule has 3 aromatic rings. The number of carbonyl (C=O) groups excluding carboxylic acids is 2. The molecule has 0 bridgehead atoms. The summed E-state index contributed by atoms with van der Waals surface area (Å²) in [5.74, 6) is 0.0667. The van der Waals surface area contributed by atoms with Crippen molar-refractivity contribution in [3.05, 3.63) is 77.1 Å². The number of hydrogen-bond acceptors (Lipinski definition) is 4. The van der Waals surface area contributed by atoms with Crippen molar-refractivity contribution in [1.82, 2.24) is 4.98 Å². The molecule has 1 N–H and O–H groups in total. The van der Waals surface area contributed by atoms with E-state index < -0.39 is 0 Å². The summed E-state index contributed by atoms with van der Waals surface area (Å²) < 4.78 is 5.62. The largest absolute Gasteiger partial charge is 0.458 e. The molecular weight excluding hydrogens is 318 g/mol. The van der Waals surface area contributed by atoms with Gasteiger partial charge >= 0.3 is 0 Å². The quantitative estimate of drug-likeness (QED) is 0.580. The molecule has 0 saturated carbocycles. The Morgan fingerprint density at radius 2 is 2.00 bits per heavy atom. The van der Waals surface area contributed by atoms with Gasteiger partial charge in [0.15, 0.2) is 5.78 Å². The number of nitrogens with one attached hydrogen (secondary N) is 1. The highest BCUT2D eigenvalue weighted by Crippen LogP contribution is 2.27. The van der Waals surface area contributed by atoms with E-state index in [1.54, 1.807) is 36.4 Å². The zero-order valence-electron chi connectivity index (χ0n) is 13.3. The second kappa shape index (κ2) is 6.81. The van der Waals surface area contributed by atoms with Crippen molar-refractivity contribution >= 4 is 34.6 Å². The Morgan fingerprint density at radius 3 is 2.68 bits per heavy atom.